The highest BCUT2D eigenvalue weighted by molar-refractivity contribution is 5.96. The fraction of sp³-hybridized carbons (Fsp3) is 0.750. The summed E-state index contributed by atoms with van der Waals surface area (Å²) in [4.78, 5) is 26.7. The third-order valence-electron chi connectivity index (χ3n) is 4.97. The predicted molar refractivity (Wildman–Crippen MR) is 79.8 cm³/mol. The average Bonchev–Trinajstić information content (AvgIpc) is 2.95. The van der Waals surface area contributed by atoms with Crippen molar-refractivity contribution in [3.05, 3.63) is 12.7 Å². The van der Waals surface area contributed by atoms with Crippen LogP contribution in [-0.2, 0) is 19.1 Å². The van der Waals surface area contributed by atoms with E-state index in [1.54, 1.807) is 6.08 Å². The molecule has 2 aliphatic rings. The molecule has 1 N–H and O–H groups in total. The van der Waals surface area contributed by atoms with Crippen molar-refractivity contribution in [3.63, 3.8) is 0 Å². The molecule has 6 nitrogen and oxygen atoms in total. The zero-order valence-corrected chi connectivity index (χ0v) is 13.5. The highest BCUT2D eigenvalue weighted by atomic mass is 16.6. The summed E-state index contributed by atoms with van der Waals surface area (Å²) in [5.74, 6) is -1.61. The second-order valence-corrected chi connectivity index (χ2v) is 6.19. The molecular weight excluding hydrogens is 286 g/mol. The van der Waals surface area contributed by atoms with Crippen molar-refractivity contribution >= 4 is 11.9 Å². The van der Waals surface area contributed by atoms with Crippen LogP contribution in [0.1, 0.15) is 39.5 Å². The number of carbonyl (C=O) groups excluding carboxylic acids is 2. The highest BCUT2D eigenvalue weighted by Gasteiger charge is 2.74. The minimum atomic E-state index is -1.56. The maximum absolute atomic E-state index is 12.8. The van der Waals surface area contributed by atoms with Gasteiger partial charge in [-0.1, -0.05) is 19.4 Å². The van der Waals surface area contributed by atoms with E-state index in [0.29, 0.717) is 12.8 Å². The number of methoxy groups -OCH3 is 1. The Bertz CT molecular complexity index is 475. The van der Waals surface area contributed by atoms with E-state index in [9.17, 15) is 14.7 Å². The van der Waals surface area contributed by atoms with Crippen LogP contribution in [0.2, 0.25) is 0 Å². The molecule has 0 aromatic rings. The van der Waals surface area contributed by atoms with Gasteiger partial charge in [-0.2, -0.15) is 0 Å². The maximum atomic E-state index is 12.8. The summed E-state index contributed by atoms with van der Waals surface area (Å²) >= 11 is 0. The van der Waals surface area contributed by atoms with E-state index in [1.165, 1.54) is 18.9 Å². The molecule has 2 heterocycles. The lowest BCUT2D eigenvalue weighted by Gasteiger charge is -2.38. The number of hydrogen-bond acceptors (Lipinski definition) is 5. The van der Waals surface area contributed by atoms with Crippen LogP contribution >= 0.6 is 0 Å². The van der Waals surface area contributed by atoms with E-state index in [0.717, 1.165) is 12.8 Å². The van der Waals surface area contributed by atoms with Crippen molar-refractivity contribution in [1.82, 2.24) is 4.90 Å². The lowest BCUT2D eigenvalue weighted by Crippen LogP contribution is -2.63. The number of nitrogens with zero attached hydrogens (tertiary/aromatic N) is 1. The second-order valence-electron chi connectivity index (χ2n) is 6.19. The van der Waals surface area contributed by atoms with Crippen molar-refractivity contribution in [2.75, 3.05) is 13.7 Å². The summed E-state index contributed by atoms with van der Waals surface area (Å²) in [5.41, 5.74) is -3.03. The van der Waals surface area contributed by atoms with E-state index >= 15 is 0 Å². The molecule has 0 aromatic heterocycles. The van der Waals surface area contributed by atoms with Crippen LogP contribution in [0.15, 0.2) is 12.7 Å². The quantitative estimate of drug-likeness (QED) is 0.590. The second kappa shape index (κ2) is 6.01. The lowest BCUT2D eigenvalue weighted by molar-refractivity contribution is -0.166. The molecule has 0 bridgehead atoms. The summed E-state index contributed by atoms with van der Waals surface area (Å²) in [6.07, 6.45) is 3.87. The fourth-order valence-corrected chi connectivity index (χ4v) is 3.64. The summed E-state index contributed by atoms with van der Waals surface area (Å²) in [6.45, 7) is 7.17. The van der Waals surface area contributed by atoms with Crippen molar-refractivity contribution in [2.24, 2.45) is 5.92 Å². The maximum Gasteiger partial charge on any atom is 0.337 e. The summed E-state index contributed by atoms with van der Waals surface area (Å²) in [6, 6.07) is 0. The lowest BCUT2D eigenvalue weighted by atomic mass is 9.75. The molecule has 1 unspecified atom stereocenters. The first-order valence-corrected chi connectivity index (χ1v) is 7.75. The van der Waals surface area contributed by atoms with Gasteiger partial charge in [0, 0.05) is 0 Å². The number of carbonyl (C=O) groups is 2. The van der Waals surface area contributed by atoms with Gasteiger partial charge < -0.3 is 14.6 Å². The van der Waals surface area contributed by atoms with Crippen molar-refractivity contribution < 1.29 is 24.2 Å². The van der Waals surface area contributed by atoms with Crippen LogP contribution in [0.3, 0.4) is 0 Å². The minimum Gasteiger partial charge on any atom is -0.467 e. The van der Waals surface area contributed by atoms with Crippen LogP contribution in [0.25, 0.3) is 0 Å². The smallest absolute Gasteiger partial charge is 0.337 e. The summed E-state index contributed by atoms with van der Waals surface area (Å²) < 4.78 is 10.6. The Morgan fingerprint density at radius 2 is 2.32 bits per heavy atom. The van der Waals surface area contributed by atoms with Gasteiger partial charge in [0.25, 0.3) is 0 Å². The number of amides is 1. The standard InChI is InChI=1S/C16H25NO5/c1-5-7-9-12-17-13(18)11(8-6-2)15(3,20)16(17,10-22-12)14(19)21-4/h6,11-12,20H,2,5,7-10H2,1,3-4H3/t11-,12?,15+,16-/m0/s1. The number of aliphatic hydroxyl groups is 1. The van der Waals surface area contributed by atoms with Crippen LogP contribution in [0.4, 0.5) is 0 Å². The van der Waals surface area contributed by atoms with Crippen LogP contribution in [-0.4, -0.2) is 53.0 Å². The number of fused-ring (bicyclic) bond motifs is 1. The highest BCUT2D eigenvalue weighted by Crippen LogP contribution is 2.50. The molecule has 6 heteroatoms. The number of esters is 1. The van der Waals surface area contributed by atoms with Crippen LogP contribution in [0, 0.1) is 5.92 Å². The average molecular weight is 311 g/mol. The van der Waals surface area contributed by atoms with Gasteiger partial charge in [0.2, 0.25) is 5.91 Å². The van der Waals surface area contributed by atoms with Crippen LogP contribution < -0.4 is 0 Å². The Kier molecular flexibility index (Phi) is 4.63. The van der Waals surface area contributed by atoms with Gasteiger partial charge in [0.1, 0.15) is 11.8 Å². The van der Waals surface area contributed by atoms with Gasteiger partial charge >= 0.3 is 5.97 Å². The third kappa shape index (κ3) is 2.08. The van der Waals surface area contributed by atoms with E-state index < -0.39 is 29.3 Å². The van der Waals surface area contributed by atoms with E-state index in [2.05, 4.69) is 6.58 Å². The molecule has 0 aliphatic carbocycles. The predicted octanol–water partition coefficient (Wildman–Crippen LogP) is 1.23. The first kappa shape index (κ1) is 17.0. The van der Waals surface area contributed by atoms with Gasteiger partial charge in [-0.25, -0.2) is 4.79 Å². The Balaban J connectivity index is 2.46. The summed E-state index contributed by atoms with van der Waals surface area (Å²) in [7, 11) is 1.26. The number of unbranched alkanes of at least 4 members (excludes halogenated alkanes) is 1. The topological polar surface area (TPSA) is 76.1 Å². The number of allylic oxidation sites excluding steroid dienone is 1. The first-order valence-electron chi connectivity index (χ1n) is 7.75. The molecular formula is C16H25NO5. The Hall–Kier alpha value is -1.40. The third-order valence-corrected chi connectivity index (χ3v) is 4.97. The largest absolute Gasteiger partial charge is 0.467 e. The minimum absolute atomic E-state index is 0.0412. The first-order chi connectivity index (χ1) is 10.4. The normalized spacial score (nSPS) is 37.3. The molecule has 2 aliphatic heterocycles. The molecule has 124 valence electrons. The van der Waals surface area contributed by atoms with E-state index in [4.69, 9.17) is 9.47 Å². The number of rotatable bonds is 6. The molecule has 0 saturated carbocycles. The molecule has 2 saturated heterocycles. The number of ether oxygens (including phenoxy) is 2. The molecule has 22 heavy (non-hydrogen) atoms. The summed E-state index contributed by atoms with van der Waals surface area (Å²) in [5, 5.41) is 11.0. The monoisotopic (exact) mass is 311 g/mol. The fourth-order valence-electron chi connectivity index (χ4n) is 3.64. The van der Waals surface area contributed by atoms with Gasteiger partial charge in [-0.05, 0) is 26.2 Å². The Labute approximate surface area is 131 Å². The molecule has 4 atom stereocenters. The van der Waals surface area contributed by atoms with Crippen molar-refractivity contribution in [2.45, 2.75) is 56.9 Å². The van der Waals surface area contributed by atoms with E-state index in [1.807, 2.05) is 6.92 Å². The molecule has 0 aromatic carbocycles. The Morgan fingerprint density at radius 3 is 2.86 bits per heavy atom. The Morgan fingerprint density at radius 1 is 1.64 bits per heavy atom. The molecule has 2 fully saturated rings. The van der Waals surface area contributed by atoms with Crippen molar-refractivity contribution in [3.8, 4) is 0 Å². The molecule has 0 spiro atoms. The molecule has 1 amide bonds. The van der Waals surface area contributed by atoms with Gasteiger partial charge in [0.05, 0.1) is 19.6 Å². The number of hydrogen-bond donors (Lipinski definition) is 1. The van der Waals surface area contributed by atoms with Gasteiger partial charge in [-0.15, -0.1) is 6.58 Å². The molecule has 2 rings (SSSR count). The zero-order chi connectivity index (χ0) is 16.5. The zero-order valence-electron chi connectivity index (χ0n) is 13.5. The molecule has 0 radical (unpaired) electrons. The van der Waals surface area contributed by atoms with E-state index in [-0.39, 0.29) is 12.5 Å². The van der Waals surface area contributed by atoms with Crippen LogP contribution in [0.5, 0.6) is 0 Å². The van der Waals surface area contributed by atoms with Gasteiger partial charge in [-0.3, -0.25) is 9.69 Å². The van der Waals surface area contributed by atoms with Gasteiger partial charge in [0.15, 0.2) is 5.54 Å². The SMILES string of the molecule is C=CC[C@H]1C(=O)N2C(CCCC)OC[C@]2(C(=O)OC)[C@]1(C)O. The van der Waals surface area contributed by atoms with Crippen molar-refractivity contribution in [1.29, 1.82) is 0 Å².